The average molecular weight is 277 g/mol. The van der Waals surface area contributed by atoms with Crippen molar-refractivity contribution in [3.63, 3.8) is 0 Å². The highest BCUT2D eigenvalue weighted by atomic mass is 31.2. The predicted molar refractivity (Wildman–Crippen MR) is 67.1 cm³/mol. The first-order chi connectivity index (χ1) is 8.49. The van der Waals surface area contributed by atoms with Crippen molar-refractivity contribution in [2.75, 3.05) is 13.2 Å². The standard InChI is InChI=1S/C11H20NO5P/c1-4-15-18(14,16-5-2)12-10-6-7-11(8-10)17-9(3)13/h6-7,10-11H,4-5,8H2,1-3H3,(H,12,14)/t10-,11+/m1/s1. The largest absolute Gasteiger partial charge is 0.458 e. The zero-order valence-electron chi connectivity index (χ0n) is 10.9. The Morgan fingerprint density at radius 2 is 1.94 bits per heavy atom. The summed E-state index contributed by atoms with van der Waals surface area (Å²) in [5.74, 6) is -0.330. The fraction of sp³-hybridized carbons (Fsp3) is 0.727. The van der Waals surface area contributed by atoms with Gasteiger partial charge >= 0.3 is 13.7 Å². The first kappa shape index (κ1) is 15.4. The van der Waals surface area contributed by atoms with E-state index in [1.807, 2.05) is 0 Å². The molecule has 0 fully saturated rings. The van der Waals surface area contributed by atoms with Crippen LogP contribution in [0.15, 0.2) is 12.2 Å². The van der Waals surface area contributed by atoms with Gasteiger partial charge in [0.1, 0.15) is 6.10 Å². The first-order valence-corrected chi connectivity index (χ1v) is 7.55. The Kier molecular flexibility index (Phi) is 6.02. The lowest BCUT2D eigenvalue weighted by Crippen LogP contribution is -2.27. The van der Waals surface area contributed by atoms with Gasteiger partial charge in [-0.2, -0.15) is 0 Å². The van der Waals surface area contributed by atoms with Crippen molar-refractivity contribution in [3.05, 3.63) is 12.2 Å². The van der Waals surface area contributed by atoms with E-state index in [0.717, 1.165) is 0 Å². The van der Waals surface area contributed by atoms with Crippen LogP contribution in [0.25, 0.3) is 0 Å². The van der Waals surface area contributed by atoms with Crippen molar-refractivity contribution in [1.82, 2.24) is 5.09 Å². The molecule has 0 saturated carbocycles. The zero-order valence-corrected chi connectivity index (χ0v) is 11.8. The van der Waals surface area contributed by atoms with Gasteiger partial charge in [0.25, 0.3) is 0 Å². The smallest absolute Gasteiger partial charge is 0.405 e. The van der Waals surface area contributed by atoms with Gasteiger partial charge in [-0.25, -0.2) is 9.65 Å². The highest BCUT2D eigenvalue weighted by Gasteiger charge is 2.30. The third kappa shape index (κ3) is 4.90. The molecule has 0 amide bonds. The van der Waals surface area contributed by atoms with Crippen LogP contribution in [-0.2, 0) is 23.1 Å². The summed E-state index contributed by atoms with van der Waals surface area (Å²) in [6, 6.07) is -0.182. The molecule has 0 heterocycles. The van der Waals surface area contributed by atoms with E-state index in [2.05, 4.69) is 5.09 Å². The van der Waals surface area contributed by atoms with Crippen molar-refractivity contribution in [2.45, 2.75) is 39.3 Å². The number of nitrogens with one attached hydrogen (secondary N) is 1. The van der Waals surface area contributed by atoms with Crippen molar-refractivity contribution >= 4 is 13.7 Å². The van der Waals surface area contributed by atoms with Gasteiger partial charge < -0.3 is 4.74 Å². The molecule has 0 aromatic carbocycles. The Morgan fingerprint density at radius 3 is 2.44 bits per heavy atom. The van der Waals surface area contributed by atoms with E-state index in [-0.39, 0.29) is 18.1 Å². The van der Waals surface area contributed by atoms with Gasteiger partial charge in [0, 0.05) is 19.4 Å². The normalized spacial score (nSPS) is 23.3. The maximum absolute atomic E-state index is 12.2. The number of ether oxygens (including phenoxy) is 1. The van der Waals surface area contributed by atoms with Gasteiger partial charge in [0.05, 0.1) is 13.2 Å². The lowest BCUT2D eigenvalue weighted by molar-refractivity contribution is -0.144. The molecular formula is C11H20NO5P. The van der Waals surface area contributed by atoms with Crippen LogP contribution in [-0.4, -0.2) is 31.3 Å². The molecule has 0 spiro atoms. The van der Waals surface area contributed by atoms with E-state index >= 15 is 0 Å². The minimum absolute atomic E-state index is 0.182. The highest BCUT2D eigenvalue weighted by molar-refractivity contribution is 7.51. The summed E-state index contributed by atoms with van der Waals surface area (Å²) in [6.07, 6.45) is 3.82. The Balaban J connectivity index is 2.50. The maximum atomic E-state index is 12.2. The van der Waals surface area contributed by atoms with Crippen LogP contribution in [0.5, 0.6) is 0 Å². The molecule has 7 heteroatoms. The number of hydrogen-bond acceptors (Lipinski definition) is 5. The third-order valence-electron chi connectivity index (χ3n) is 2.28. The second-order valence-electron chi connectivity index (χ2n) is 3.84. The van der Waals surface area contributed by atoms with Crippen LogP contribution in [0, 0.1) is 0 Å². The Bertz CT molecular complexity index is 347. The van der Waals surface area contributed by atoms with Crippen molar-refractivity contribution in [1.29, 1.82) is 0 Å². The molecule has 0 aromatic heterocycles. The number of hydrogen-bond donors (Lipinski definition) is 1. The topological polar surface area (TPSA) is 73.9 Å². The van der Waals surface area contributed by atoms with E-state index in [1.165, 1.54) is 6.92 Å². The van der Waals surface area contributed by atoms with Gasteiger partial charge in [-0.3, -0.25) is 13.8 Å². The molecule has 0 unspecified atom stereocenters. The molecule has 6 nitrogen and oxygen atoms in total. The summed E-state index contributed by atoms with van der Waals surface area (Å²) in [4.78, 5) is 10.8. The molecule has 0 bridgehead atoms. The molecule has 1 rings (SSSR count). The molecule has 2 atom stereocenters. The number of carbonyl (C=O) groups excluding carboxylic acids is 1. The fourth-order valence-electron chi connectivity index (χ4n) is 1.72. The first-order valence-electron chi connectivity index (χ1n) is 6.01. The average Bonchev–Trinajstić information content (AvgIpc) is 2.64. The summed E-state index contributed by atoms with van der Waals surface area (Å²) < 4.78 is 27.5. The summed E-state index contributed by atoms with van der Waals surface area (Å²) in [7, 11) is -3.27. The maximum Gasteiger partial charge on any atom is 0.405 e. The van der Waals surface area contributed by atoms with Crippen LogP contribution in [0.2, 0.25) is 0 Å². The lowest BCUT2D eigenvalue weighted by Gasteiger charge is -2.21. The molecule has 0 aromatic rings. The van der Waals surface area contributed by atoms with Crippen LogP contribution < -0.4 is 5.09 Å². The van der Waals surface area contributed by atoms with Gasteiger partial charge in [0.15, 0.2) is 0 Å². The van der Waals surface area contributed by atoms with Gasteiger partial charge in [-0.1, -0.05) is 6.08 Å². The molecule has 1 aliphatic carbocycles. The second-order valence-corrected chi connectivity index (χ2v) is 5.61. The summed E-state index contributed by atoms with van der Waals surface area (Å²) in [6.45, 7) is 5.46. The summed E-state index contributed by atoms with van der Waals surface area (Å²) in [5, 5.41) is 2.83. The number of rotatable bonds is 7. The summed E-state index contributed by atoms with van der Waals surface area (Å²) in [5.41, 5.74) is 0. The van der Waals surface area contributed by atoms with Crippen molar-refractivity contribution < 1.29 is 23.1 Å². The van der Waals surface area contributed by atoms with E-state index in [0.29, 0.717) is 19.6 Å². The van der Waals surface area contributed by atoms with Gasteiger partial charge in [-0.05, 0) is 19.9 Å². The van der Waals surface area contributed by atoms with Gasteiger partial charge in [-0.15, -0.1) is 0 Å². The van der Waals surface area contributed by atoms with E-state index < -0.39 is 7.75 Å². The molecule has 0 saturated heterocycles. The molecular weight excluding hydrogens is 257 g/mol. The van der Waals surface area contributed by atoms with Crippen LogP contribution in [0.3, 0.4) is 0 Å². The Labute approximate surface area is 107 Å². The Hall–Kier alpha value is -0.680. The van der Waals surface area contributed by atoms with Crippen LogP contribution in [0.1, 0.15) is 27.2 Å². The minimum atomic E-state index is -3.27. The molecule has 0 radical (unpaired) electrons. The molecule has 0 aliphatic heterocycles. The molecule has 18 heavy (non-hydrogen) atoms. The molecule has 1 N–H and O–H groups in total. The molecule has 104 valence electrons. The Morgan fingerprint density at radius 1 is 1.33 bits per heavy atom. The predicted octanol–water partition coefficient (Wildman–Crippen LogP) is 2.02. The molecule has 1 aliphatic rings. The number of esters is 1. The number of carbonyl (C=O) groups is 1. The SMILES string of the molecule is CCOP(=O)(N[C@@H]1C=C[C@H](OC(C)=O)C1)OCC. The van der Waals surface area contributed by atoms with E-state index in [4.69, 9.17) is 13.8 Å². The van der Waals surface area contributed by atoms with E-state index in [9.17, 15) is 9.36 Å². The minimum Gasteiger partial charge on any atom is -0.458 e. The van der Waals surface area contributed by atoms with E-state index in [1.54, 1.807) is 26.0 Å². The monoisotopic (exact) mass is 277 g/mol. The van der Waals surface area contributed by atoms with Crippen LogP contribution in [0.4, 0.5) is 0 Å². The lowest BCUT2D eigenvalue weighted by atomic mass is 10.2. The highest BCUT2D eigenvalue weighted by Crippen LogP contribution is 2.44. The zero-order chi connectivity index (χ0) is 13.6. The fourth-order valence-corrected chi connectivity index (χ4v) is 3.22. The third-order valence-corrected chi connectivity index (χ3v) is 4.13. The van der Waals surface area contributed by atoms with Crippen molar-refractivity contribution in [2.24, 2.45) is 0 Å². The van der Waals surface area contributed by atoms with Crippen LogP contribution >= 0.6 is 7.75 Å². The summed E-state index contributed by atoms with van der Waals surface area (Å²) >= 11 is 0. The van der Waals surface area contributed by atoms with Gasteiger partial charge in [0.2, 0.25) is 0 Å². The quantitative estimate of drug-likeness (QED) is 0.436. The van der Waals surface area contributed by atoms with Crippen molar-refractivity contribution in [3.8, 4) is 0 Å². The second kappa shape index (κ2) is 7.04.